The van der Waals surface area contributed by atoms with Crippen LogP contribution in [0.3, 0.4) is 0 Å². The standard InChI is InChI=1S/C19H20ClN3O4/c1-13(14-6-4-3-5-7-14)22-19(25)12-27-21-11-18(24)23-16-10-15(20)8-9-17(16)26-2/h3-11,13H,12H2,1-2H3,(H,22,25)(H,23,24)/b21-11-/t13-/m0/s1. The number of methoxy groups -OCH3 is 1. The lowest BCUT2D eigenvalue weighted by Gasteiger charge is -2.13. The normalized spacial score (nSPS) is 11.7. The van der Waals surface area contributed by atoms with Crippen molar-refractivity contribution < 1.29 is 19.2 Å². The number of carbonyl (C=O) groups excluding carboxylic acids is 2. The highest BCUT2D eigenvalue weighted by Crippen LogP contribution is 2.27. The first-order valence-electron chi connectivity index (χ1n) is 8.13. The molecule has 8 heteroatoms. The molecule has 2 aromatic carbocycles. The van der Waals surface area contributed by atoms with Gasteiger partial charge < -0.3 is 20.2 Å². The number of ether oxygens (including phenoxy) is 1. The minimum Gasteiger partial charge on any atom is -0.495 e. The summed E-state index contributed by atoms with van der Waals surface area (Å²) < 4.78 is 5.13. The van der Waals surface area contributed by atoms with E-state index in [2.05, 4.69) is 15.8 Å². The van der Waals surface area contributed by atoms with E-state index in [1.165, 1.54) is 7.11 Å². The second-order valence-corrected chi connectivity index (χ2v) is 5.98. The third kappa shape index (κ3) is 6.63. The Bertz CT molecular complexity index is 812. The molecule has 0 saturated carbocycles. The molecule has 2 N–H and O–H groups in total. The summed E-state index contributed by atoms with van der Waals surface area (Å²) in [5.74, 6) is -0.439. The molecule has 0 unspecified atom stereocenters. The van der Waals surface area contributed by atoms with Crippen LogP contribution < -0.4 is 15.4 Å². The first-order chi connectivity index (χ1) is 13.0. The van der Waals surface area contributed by atoms with Gasteiger partial charge in [0, 0.05) is 5.02 Å². The van der Waals surface area contributed by atoms with Crippen molar-refractivity contribution >= 4 is 35.3 Å². The number of carbonyl (C=O) groups is 2. The van der Waals surface area contributed by atoms with Gasteiger partial charge in [-0.05, 0) is 30.7 Å². The Balaban J connectivity index is 1.77. The van der Waals surface area contributed by atoms with E-state index >= 15 is 0 Å². The molecule has 27 heavy (non-hydrogen) atoms. The molecule has 2 aromatic rings. The smallest absolute Gasteiger partial charge is 0.270 e. The van der Waals surface area contributed by atoms with Crippen molar-refractivity contribution in [2.75, 3.05) is 19.0 Å². The van der Waals surface area contributed by atoms with Crippen molar-refractivity contribution in [3.63, 3.8) is 0 Å². The van der Waals surface area contributed by atoms with Crippen LogP contribution in [-0.2, 0) is 14.4 Å². The molecule has 0 saturated heterocycles. The Kier molecular flexibility index (Phi) is 7.63. The molecule has 2 amide bonds. The molecule has 0 bridgehead atoms. The van der Waals surface area contributed by atoms with Crippen LogP contribution in [-0.4, -0.2) is 31.7 Å². The van der Waals surface area contributed by atoms with Gasteiger partial charge in [-0.25, -0.2) is 0 Å². The van der Waals surface area contributed by atoms with Crippen LogP contribution in [0.2, 0.25) is 5.02 Å². The topological polar surface area (TPSA) is 89.0 Å². The average molecular weight is 390 g/mol. The summed E-state index contributed by atoms with van der Waals surface area (Å²) in [5.41, 5.74) is 1.38. The third-order valence-electron chi connectivity index (χ3n) is 3.54. The summed E-state index contributed by atoms with van der Waals surface area (Å²) in [7, 11) is 1.48. The van der Waals surface area contributed by atoms with Gasteiger partial charge in [-0.15, -0.1) is 0 Å². The van der Waals surface area contributed by atoms with E-state index in [1.807, 2.05) is 37.3 Å². The number of nitrogens with one attached hydrogen (secondary N) is 2. The minimum absolute atomic E-state index is 0.162. The van der Waals surface area contributed by atoms with E-state index in [-0.39, 0.29) is 18.6 Å². The number of halogens is 1. The van der Waals surface area contributed by atoms with Gasteiger partial charge in [0.15, 0.2) is 6.61 Å². The molecule has 0 aliphatic rings. The fourth-order valence-electron chi connectivity index (χ4n) is 2.23. The Morgan fingerprint density at radius 2 is 1.96 bits per heavy atom. The number of amides is 2. The average Bonchev–Trinajstić information content (AvgIpc) is 2.66. The van der Waals surface area contributed by atoms with E-state index < -0.39 is 5.91 Å². The molecule has 0 aliphatic carbocycles. The summed E-state index contributed by atoms with van der Waals surface area (Å²) in [6, 6.07) is 14.2. The summed E-state index contributed by atoms with van der Waals surface area (Å²) in [6.07, 6.45) is 0.925. The molecular weight excluding hydrogens is 370 g/mol. The molecule has 0 aromatic heterocycles. The molecular formula is C19H20ClN3O4. The van der Waals surface area contributed by atoms with E-state index in [9.17, 15) is 9.59 Å². The van der Waals surface area contributed by atoms with E-state index in [4.69, 9.17) is 21.2 Å². The Morgan fingerprint density at radius 1 is 1.22 bits per heavy atom. The number of hydrogen-bond donors (Lipinski definition) is 2. The number of oxime groups is 1. The summed E-state index contributed by atoms with van der Waals surface area (Å²) in [6.45, 7) is 1.56. The predicted octanol–water partition coefficient (Wildman–Crippen LogP) is 3.17. The lowest BCUT2D eigenvalue weighted by Crippen LogP contribution is -2.29. The van der Waals surface area contributed by atoms with Gasteiger partial charge in [-0.2, -0.15) is 0 Å². The van der Waals surface area contributed by atoms with Crippen molar-refractivity contribution in [3.05, 3.63) is 59.1 Å². The zero-order valence-corrected chi connectivity index (χ0v) is 15.7. The van der Waals surface area contributed by atoms with E-state index in [0.717, 1.165) is 11.8 Å². The van der Waals surface area contributed by atoms with Gasteiger partial charge in [-0.1, -0.05) is 47.1 Å². The number of anilines is 1. The third-order valence-corrected chi connectivity index (χ3v) is 3.77. The second kappa shape index (κ2) is 10.2. The van der Waals surface area contributed by atoms with Gasteiger partial charge >= 0.3 is 0 Å². The first kappa shape index (κ1) is 20.3. The molecule has 0 fully saturated rings. The van der Waals surface area contributed by atoms with Crippen molar-refractivity contribution in [2.24, 2.45) is 5.16 Å². The zero-order chi connectivity index (χ0) is 19.6. The highest BCUT2D eigenvalue weighted by atomic mass is 35.5. The van der Waals surface area contributed by atoms with Crippen LogP contribution in [0.1, 0.15) is 18.5 Å². The first-order valence-corrected chi connectivity index (χ1v) is 8.51. The summed E-state index contributed by atoms with van der Waals surface area (Å²) >= 11 is 5.89. The highest BCUT2D eigenvalue weighted by Gasteiger charge is 2.10. The molecule has 0 radical (unpaired) electrons. The number of benzene rings is 2. The Labute approximate surface area is 162 Å². The maximum Gasteiger partial charge on any atom is 0.270 e. The molecule has 1 atom stereocenters. The maximum atomic E-state index is 11.9. The summed E-state index contributed by atoms with van der Waals surface area (Å²) in [4.78, 5) is 28.6. The zero-order valence-electron chi connectivity index (χ0n) is 14.9. The lowest BCUT2D eigenvalue weighted by molar-refractivity contribution is -0.126. The summed E-state index contributed by atoms with van der Waals surface area (Å²) in [5, 5.41) is 9.28. The van der Waals surface area contributed by atoms with E-state index in [0.29, 0.717) is 16.5 Å². The lowest BCUT2D eigenvalue weighted by atomic mass is 10.1. The minimum atomic E-state index is -0.548. The molecule has 0 spiro atoms. The highest BCUT2D eigenvalue weighted by molar-refractivity contribution is 6.33. The molecule has 2 rings (SSSR count). The molecule has 0 heterocycles. The van der Waals surface area contributed by atoms with Gasteiger partial charge in [0.25, 0.3) is 11.8 Å². The number of hydrogen-bond acceptors (Lipinski definition) is 5. The maximum absolute atomic E-state index is 11.9. The van der Waals surface area contributed by atoms with Gasteiger partial charge in [-0.3, -0.25) is 9.59 Å². The van der Waals surface area contributed by atoms with Crippen molar-refractivity contribution in [1.29, 1.82) is 0 Å². The fourth-order valence-corrected chi connectivity index (χ4v) is 2.40. The van der Waals surface area contributed by atoms with Crippen molar-refractivity contribution in [3.8, 4) is 5.75 Å². The fraction of sp³-hybridized carbons (Fsp3) is 0.211. The SMILES string of the molecule is COc1ccc(Cl)cc1NC(=O)/C=N\OCC(=O)N[C@@H](C)c1ccccc1. The monoisotopic (exact) mass is 389 g/mol. The van der Waals surface area contributed by atoms with Crippen molar-refractivity contribution in [1.82, 2.24) is 5.32 Å². The van der Waals surface area contributed by atoms with Gasteiger partial charge in [0.1, 0.15) is 12.0 Å². The van der Waals surface area contributed by atoms with Crippen LogP contribution in [0.4, 0.5) is 5.69 Å². The van der Waals surface area contributed by atoms with Gasteiger partial charge in [0.05, 0.1) is 18.8 Å². The largest absolute Gasteiger partial charge is 0.495 e. The number of rotatable bonds is 8. The van der Waals surface area contributed by atoms with E-state index in [1.54, 1.807) is 18.2 Å². The van der Waals surface area contributed by atoms with Gasteiger partial charge in [0.2, 0.25) is 0 Å². The Hall–Kier alpha value is -3.06. The molecule has 7 nitrogen and oxygen atoms in total. The quantitative estimate of drug-likeness (QED) is 0.536. The van der Waals surface area contributed by atoms with Crippen molar-refractivity contribution in [2.45, 2.75) is 13.0 Å². The predicted molar refractivity (Wildman–Crippen MR) is 104 cm³/mol. The Morgan fingerprint density at radius 3 is 2.67 bits per heavy atom. The van der Waals surface area contributed by atoms with Crippen LogP contribution >= 0.6 is 11.6 Å². The number of nitrogens with zero attached hydrogens (tertiary/aromatic N) is 1. The van der Waals surface area contributed by atoms with Crippen LogP contribution in [0.15, 0.2) is 53.7 Å². The second-order valence-electron chi connectivity index (χ2n) is 5.54. The van der Waals surface area contributed by atoms with Crippen LogP contribution in [0.25, 0.3) is 0 Å². The van der Waals surface area contributed by atoms with Crippen LogP contribution in [0, 0.1) is 0 Å². The molecule has 142 valence electrons. The molecule has 0 aliphatic heterocycles. The van der Waals surface area contributed by atoms with Crippen LogP contribution in [0.5, 0.6) is 5.75 Å².